The largest absolute Gasteiger partial charge is 0.444 e. The third-order valence-corrected chi connectivity index (χ3v) is 24.2. The van der Waals surface area contributed by atoms with Gasteiger partial charge in [-0.25, -0.2) is 14.4 Å². The van der Waals surface area contributed by atoms with E-state index in [-0.39, 0.29) is 88.6 Å². The minimum atomic E-state index is -1.89. The van der Waals surface area contributed by atoms with Gasteiger partial charge in [0.05, 0.1) is 56.7 Å². The van der Waals surface area contributed by atoms with Crippen molar-refractivity contribution in [2.45, 2.75) is 200 Å². The molecule has 9 aromatic rings. The van der Waals surface area contributed by atoms with Gasteiger partial charge in [0.2, 0.25) is 47.3 Å². The summed E-state index contributed by atoms with van der Waals surface area (Å²) < 4.78 is 29.7. The van der Waals surface area contributed by atoms with Crippen molar-refractivity contribution in [3.05, 3.63) is 326 Å². The summed E-state index contributed by atoms with van der Waals surface area (Å²) in [6.07, 6.45) is 3.42. The maximum atomic E-state index is 16.1. The van der Waals surface area contributed by atoms with Gasteiger partial charge in [0, 0.05) is 68.1 Å². The van der Waals surface area contributed by atoms with Crippen LogP contribution in [0.15, 0.2) is 254 Å². The van der Waals surface area contributed by atoms with Crippen molar-refractivity contribution in [3.8, 4) is 0 Å². The van der Waals surface area contributed by atoms with Crippen LogP contribution in [0, 0.1) is 28.9 Å². The molecular formula is C109H135N13O19S. The highest BCUT2D eigenvalue weighted by Crippen LogP contribution is 2.23. The van der Waals surface area contributed by atoms with E-state index in [2.05, 4.69) is 63.6 Å². The number of benzene rings is 9. The first-order valence-corrected chi connectivity index (χ1v) is 49.5. The van der Waals surface area contributed by atoms with Crippen molar-refractivity contribution in [3.63, 3.8) is 0 Å². The average Bonchev–Trinajstić information content (AvgIpc) is 0.830. The summed E-state index contributed by atoms with van der Waals surface area (Å²) in [5.74, 6) is -7.86. The lowest BCUT2D eigenvalue weighted by Crippen LogP contribution is -2.64. The second-order valence-electron chi connectivity index (χ2n) is 35.9. The smallest absolute Gasteiger partial charge is 0.407 e. The Morgan fingerprint density at radius 2 is 0.859 bits per heavy atom. The molecule has 11 atom stereocenters. The second kappa shape index (κ2) is 59.6. The molecule has 2 unspecified atom stereocenters. The van der Waals surface area contributed by atoms with E-state index in [9.17, 15) is 34.1 Å². The van der Waals surface area contributed by atoms with E-state index in [4.69, 9.17) is 28.5 Å². The summed E-state index contributed by atoms with van der Waals surface area (Å²) in [7, 11) is 0. The number of aryl methyl sites for hydroxylation is 5. The lowest BCUT2D eigenvalue weighted by Gasteiger charge is -2.30. The summed E-state index contributed by atoms with van der Waals surface area (Å²) in [5.41, 5.74) is 8.11. The number of nitro groups is 1. The molecule has 0 aliphatic heterocycles. The third kappa shape index (κ3) is 40.0. The summed E-state index contributed by atoms with van der Waals surface area (Å²) in [5, 5.41) is 47.0. The van der Waals surface area contributed by atoms with Crippen LogP contribution in [-0.4, -0.2) is 201 Å². The van der Waals surface area contributed by atoms with E-state index in [1.807, 2.05) is 142 Å². The van der Waals surface area contributed by atoms with Gasteiger partial charge in [-0.2, -0.15) is 11.8 Å². The van der Waals surface area contributed by atoms with Crippen LogP contribution < -0.4 is 58.5 Å². The fourth-order valence-corrected chi connectivity index (χ4v) is 15.4. The first-order chi connectivity index (χ1) is 68.4. The lowest BCUT2D eigenvalue weighted by molar-refractivity contribution is -0.384. The number of carbonyl (C=O) groups excluding carboxylic acids is 11. The standard InChI is InChI=1S/C109H135N13O19S/c1-11-74(4)96(106(131)141-121-98(86-52-38-73(3)39-53-86)87-54-56-89(57-55-87)122(134)135)119-102(127)92(64-81-32-22-15-23-33-81)115-101(126)91(66-83-50-46-80(47-51-83)43-41-78-30-20-14-21-31-78)116-103(128)93(68-112-107(132)111-67-88(58-63-142-10)113-108(133)140-109(7,8)9)117-105(130)97(76(6)139-70-85-36-26-17-27-37-85)120-104(129)94(71-138-69-84-34-24-16-25-35-84)118-100(125)90(65-82-48-44-79(45-49-82)42-40-77-28-18-13-19-29-77)114-95(123)72-137-62-61-136-60-59-110-99(124)75(5)12-2/h13-39,44-57,74-76,88,90-94,96-97H,11-12,40-43,58-72H2,1-10H3,(H,110,124)(H,113,133)(H,114,123)(H,115,126)(H,116,128)(H,117,130)(H,118,125)(H,119,127)(H,120,129)(H2,111,112,132)/b121-98+/t74?,75-,76?,88-,90-,91-,92-,93-,94-,96-,97-/m0/s1. The third-order valence-electron chi connectivity index (χ3n) is 23.5. The quantitative estimate of drug-likeness (QED) is 0.00554. The summed E-state index contributed by atoms with van der Waals surface area (Å²) in [6.45, 7) is 14.1. The van der Waals surface area contributed by atoms with E-state index in [0.29, 0.717) is 83.2 Å². The number of oxime groups is 1. The van der Waals surface area contributed by atoms with E-state index >= 15 is 28.8 Å². The molecule has 9 aromatic carbocycles. The molecule has 9 rings (SSSR count). The van der Waals surface area contributed by atoms with Gasteiger partial charge in [-0.15, -0.1) is 0 Å². The van der Waals surface area contributed by atoms with Gasteiger partial charge in [-0.3, -0.25) is 48.5 Å². The molecule has 0 fully saturated rings. The molecule has 0 aromatic heterocycles. The molecule has 0 saturated carbocycles. The molecular weight excluding hydrogens is 1830 g/mol. The topological polar surface area (TPSA) is 431 Å². The first-order valence-electron chi connectivity index (χ1n) is 48.1. The fraction of sp³-hybridized carbons (Fsp3) is 0.394. The molecule has 0 aliphatic carbocycles. The minimum absolute atomic E-state index is 0.0256. The molecule has 0 bridgehead atoms. The van der Waals surface area contributed by atoms with Gasteiger partial charge in [-0.05, 0) is 153 Å². The highest BCUT2D eigenvalue weighted by molar-refractivity contribution is 7.98. The average molecular weight is 1960 g/mol. The summed E-state index contributed by atoms with van der Waals surface area (Å²) in [6, 6.07) is 61.1. The number of thioether (sulfide) groups is 1. The Morgan fingerprint density at radius 3 is 1.37 bits per heavy atom. The number of alkyl carbamates (subject to hydrolysis) is 1. The highest BCUT2D eigenvalue weighted by atomic mass is 32.2. The van der Waals surface area contributed by atoms with E-state index in [1.54, 1.807) is 144 Å². The number of non-ortho nitro benzene ring substituents is 1. The summed E-state index contributed by atoms with van der Waals surface area (Å²) >= 11 is 1.50. The molecule has 32 nitrogen and oxygen atoms in total. The zero-order valence-electron chi connectivity index (χ0n) is 82.4. The van der Waals surface area contributed by atoms with Crippen molar-refractivity contribution in [1.82, 2.24) is 58.5 Å². The molecule has 0 heterocycles. The van der Waals surface area contributed by atoms with Crippen LogP contribution in [0.5, 0.6) is 0 Å². The molecule has 11 N–H and O–H groups in total. The molecule has 142 heavy (non-hydrogen) atoms. The molecule has 33 heteroatoms. The van der Waals surface area contributed by atoms with Crippen molar-refractivity contribution in [2.75, 3.05) is 64.7 Å². The zero-order valence-corrected chi connectivity index (χ0v) is 83.2. The summed E-state index contributed by atoms with van der Waals surface area (Å²) in [4.78, 5) is 180. The van der Waals surface area contributed by atoms with Gasteiger partial charge in [0.25, 0.3) is 5.69 Å². The number of nitrogens with zero attached hydrogens (tertiary/aromatic N) is 2. The van der Waals surface area contributed by atoms with Gasteiger partial charge in [0.15, 0.2) is 0 Å². The minimum Gasteiger partial charge on any atom is -0.444 e. The van der Waals surface area contributed by atoms with Gasteiger partial charge >= 0.3 is 18.1 Å². The molecule has 0 spiro atoms. The number of nitro benzene ring substituents is 1. The number of carbonyl (C=O) groups is 11. The van der Waals surface area contributed by atoms with Crippen LogP contribution in [0.2, 0.25) is 0 Å². The van der Waals surface area contributed by atoms with E-state index in [0.717, 1.165) is 34.2 Å². The molecule has 0 saturated heterocycles. The van der Waals surface area contributed by atoms with Crippen molar-refractivity contribution < 1.29 is 86.2 Å². The Bertz CT molecular complexity index is 5500. The van der Waals surface area contributed by atoms with E-state index in [1.165, 1.54) is 43.0 Å². The number of urea groups is 1. The number of rotatable bonds is 58. The molecule has 11 amide bonds. The maximum Gasteiger partial charge on any atom is 0.407 e. The fourth-order valence-electron chi connectivity index (χ4n) is 14.8. The van der Waals surface area contributed by atoms with Crippen molar-refractivity contribution in [2.24, 2.45) is 17.0 Å². The monoisotopic (exact) mass is 1960 g/mol. The van der Waals surface area contributed by atoms with E-state index < -0.39 is 150 Å². The molecule has 0 radical (unpaired) electrons. The zero-order chi connectivity index (χ0) is 102. The second-order valence-corrected chi connectivity index (χ2v) is 36.9. The van der Waals surface area contributed by atoms with Gasteiger partial charge in [-0.1, -0.05) is 269 Å². The number of hydrogen-bond acceptors (Lipinski definition) is 21. The van der Waals surface area contributed by atoms with Crippen molar-refractivity contribution in [1.29, 1.82) is 0 Å². The van der Waals surface area contributed by atoms with Crippen LogP contribution in [-0.2, 0) is 130 Å². The SMILES string of the molecule is CCC(C)[C@H](NC(=O)[C@H](Cc1ccccc1)NC(=O)[C@H](Cc1ccc(CCc2ccccc2)cc1)NC(=O)[C@H](CNC(=O)NC[C@H](CCSC)NC(=O)OC(C)(C)C)NC(=O)[C@@H](NC(=O)[C@H](COCc1ccccc1)NC(=O)[C@H](Cc1ccc(CCc2ccccc2)cc1)NC(=O)COCCOCCNC(=O)[C@@H](C)CC)C(C)OCc1ccccc1)C(=O)O/N=C(\c1ccc(C)cc1)c1ccc([N+](=O)[O-])cc1. The number of ether oxygens (including phenoxy) is 5. The Morgan fingerprint density at radius 1 is 0.430 bits per heavy atom. The molecule has 0 aliphatic rings. The van der Waals surface area contributed by atoms with Crippen LogP contribution in [0.25, 0.3) is 0 Å². The Labute approximate surface area is 835 Å². The van der Waals surface area contributed by atoms with Crippen LogP contribution >= 0.6 is 11.8 Å². The first kappa shape index (κ1) is 112. The predicted molar refractivity (Wildman–Crippen MR) is 546 cm³/mol. The predicted octanol–water partition coefficient (Wildman–Crippen LogP) is 11.9. The van der Waals surface area contributed by atoms with Crippen LogP contribution in [0.4, 0.5) is 15.3 Å². The van der Waals surface area contributed by atoms with Crippen LogP contribution in [0.1, 0.15) is 141 Å². The Kier molecular flexibility index (Phi) is 46.8. The number of nitrogens with one attached hydrogen (secondary N) is 11. The number of amides is 11. The lowest BCUT2D eigenvalue weighted by atomic mass is 9.97. The Hall–Kier alpha value is -14.0. The van der Waals surface area contributed by atoms with Crippen molar-refractivity contribution >= 4 is 88.5 Å². The number of hydrogen-bond donors (Lipinski definition) is 11. The maximum absolute atomic E-state index is 16.1. The van der Waals surface area contributed by atoms with Gasteiger partial charge < -0.3 is 87.0 Å². The molecule has 756 valence electrons. The normalized spacial score (nSPS) is 13.7. The van der Waals surface area contributed by atoms with Crippen LogP contribution in [0.3, 0.4) is 0 Å². The van der Waals surface area contributed by atoms with Gasteiger partial charge in [0.1, 0.15) is 60.2 Å². The highest BCUT2D eigenvalue weighted by Gasteiger charge is 2.39. The Balaban J connectivity index is 1.07.